The fourth-order valence-electron chi connectivity index (χ4n) is 2.93. The molecule has 0 saturated heterocycles. The molecule has 0 aliphatic rings. The zero-order valence-electron chi connectivity index (χ0n) is 14.5. The van der Waals surface area contributed by atoms with E-state index in [1.54, 1.807) is 11.3 Å². The number of anilines is 1. The monoisotopic (exact) mass is 355 g/mol. The van der Waals surface area contributed by atoms with Gasteiger partial charge in [-0.15, -0.1) is 11.3 Å². The van der Waals surface area contributed by atoms with Crippen LogP contribution in [0.4, 0.5) is 5.82 Å². The molecule has 0 radical (unpaired) electrons. The summed E-state index contributed by atoms with van der Waals surface area (Å²) in [5, 5.41) is 13.5. The standard InChI is InChI=1S/C19H21N3O2S/c1-4-5-14(19(23)24)22-17-16-15(13-8-6-11(2)7-9-13)12(3)25-18(16)21-10-20-17/h6-10,14H,4-5H2,1-3H3,(H,23,24)(H,20,21,22). The molecule has 3 aromatic rings. The first kappa shape index (κ1) is 17.4. The first-order valence-corrected chi connectivity index (χ1v) is 9.13. The van der Waals surface area contributed by atoms with Crippen molar-refractivity contribution >= 4 is 33.3 Å². The highest BCUT2D eigenvalue weighted by Crippen LogP contribution is 2.40. The molecule has 2 aromatic heterocycles. The Morgan fingerprint density at radius 3 is 2.60 bits per heavy atom. The molecule has 25 heavy (non-hydrogen) atoms. The van der Waals surface area contributed by atoms with E-state index in [0.717, 1.165) is 32.6 Å². The zero-order valence-corrected chi connectivity index (χ0v) is 15.4. The third-order valence-corrected chi connectivity index (χ3v) is 5.20. The third-order valence-electron chi connectivity index (χ3n) is 4.19. The third kappa shape index (κ3) is 3.49. The molecule has 0 aliphatic carbocycles. The first-order chi connectivity index (χ1) is 12.0. The summed E-state index contributed by atoms with van der Waals surface area (Å²) in [6.45, 7) is 6.09. The van der Waals surface area contributed by atoms with Crippen LogP contribution in [0.2, 0.25) is 0 Å². The lowest BCUT2D eigenvalue weighted by atomic mass is 10.0. The average Bonchev–Trinajstić information content (AvgIpc) is 2.92. The van der Waals surface area contributed by atoms with Gasteiger partial charge in [0.15, 0.2) is 0 Å². The number of rotatable bonds is 6. The topological polar surface area (TPSA) is 75.1 Å². The van der Waals surface area contributed by atoms with Gasteiger partial charge in [-0.3, -0.25) is 0 Å². The first-order valence-electron chi connectivity index (χ1n) is 8.31. The highest BCUT2D eigenvalue weighted by Gasteiger charge is 2.21. The van der Waals surface area contributed by atoms with Crippen LogP contribution in [0, 0.1) is 13.8 Å². The van der Waals surface area contributed by atoms with Crippen molar-refractivity contribution in [2.75, 3.05) is 5.32 Å². The van der Waals surface area contributed by atoms with E-state index in [1.165, 1.54) is 11.9 Å². The SMILES string of the molecule is CCCC(Nc1ncnc2sc(C)c(-c3ccc(C)cc3)c12)C(=O)O. The number of benzene rings is 1. The second-order valence-electron chi connectivity index (χ2n) is 6.13. The molecule has 5 nitrogen and oxygen atoms in total. The van der Waals surface area contributed by atoms with E-state index in [1.807, 2.05) is 6.92 Å². The Morgan fingerprint density at radius 2 is 1.96 bits per heavy atom. The predicted octanol–water partition coefficient (Wildman–Crippen LogP) is 4.64. The zero-order chi connectivity index (χ0) is 18.0. The molecule has 2 heterocycles. The molecule has 1 aromatic carbocycles. The predicted molar refractivity (Wildman–Crippen MR) is 102 cm³/mol. The van der Waals surface area contributed by atoms with Crippen molar-refractivity contribution in [2.45, 2.75) is 39.7 Å². The summed E-state index contributed by atoms with van der Waals surface area (Å²) in [6.07, 6.45) is 2.82. The number of carbonyl (C=O) groups is 1. The Balaban J connectivity index is 2.14. The van der Waals surface area contributed by atoms with Crippen LogP contribution in [-0.4, -0.2) is 27.1 Å². The Bertz CT molecular complexity index is 903. The average molecular weight is 355 g/mol. The smallest absolute Gasteiger partial charge is 0.326 e. The van der Waals surface area contributed by atoms with Gasteiger partial charge in [-0.2, -0.15) is 0 Å². The molecule has 130 valence electrons. The van der Waals surface area contributed by atoms with E-state index in [-0.39, 0.29) is 0 Å². The number of hydrogen-bond donors (Lipinski definition) is 2. The molecule has 2 N–H and O–H groups in total. The number of aromatic nitrogens is 2. The Kier molecular flexibility index (Phi) is 4.99. The van der Waals surface area contributed by atoms with Crippen molar-refractivity contribution in [3.05, 3.63) is 41.0 Å². The minimum absolute atomic E-state index is 0.545. The Morgan fingerprint density at radius 1 is 1.24 bits per heavy atom. The Hall–Kier alpha value is -2.47. The van der Waals surface area contributed by atoms with E-state index in [9.17, 15) is 9.90 Å². The summed E-state index contributed by atoms with van der Waals surface area (Å²) in [5.41, 5.74) is 3.36. The lowest BCUT2D eigenvalue weighted by Crippen LogP contribution is -2.29. The number of nitrogens with one attached hydrogen (secondary N) is 1. The van der Waals surface area contributed by atoms with Crippen LogP contribution in [0.1, 0.15) is 30.2 Å². The fraction of sp³-hybridized carbons (Fsp3) is 0.316. The number of fused-ring (bicyclic) bond motifs is 1. The number of hydrogen-bond acceptors (Lipinski definition) is 5. The van der Waals surface area contributed by atoms with Gasteiger partial charge in [0.2, 0.25) is 0 Å². The van der Waals surface area contributed by atoms with E-state index in [4.69, 9.17) is 0 Å². The van der Waals surface area contributed by atoms with Crippen LogP contribution in [0.3, 0.4) is 0 Å². The maximum absolute atomic E-state index is 11.5. The van der Waals surface area contributed by atoms with Gasteiger partial charge in [0.25, 0.3) is 0 Å². The summed E-state index contributed by atoms with van der Waals surface area (Å²) in [6, 6.07) is 7.66. The van der Waals surface area contributed by atoms with Crippen LogP contribution in [0.15, 0.2) is 30.6 Å². The number of carboxylic acids is 1. The second-order valence-corrected chi connectivity index (χ2v) is 7.33. The molecule has 3 rings (SSSR count). The summed E-state index contributed by atoms with van der Waals surface area (Å²) < 4.78 is 0. The van der Waals surface area contributed by atoms with Gasteiger partial charge in [0.1, 0.15) is 23.0 Å². The molecular formula is C19H21N3O2S. The van der Waals surface area contributed by atoms with Gasteiger partial charge in [-0.1, -0.05) is 43.2 Å². The van der Waals surface area contributed by atoms with Gasteiger partial charge in [-0.25, -0.2) is 14.8 Å². The molecule has 0 aliphatic heterocycles. The molecule has 0 bridgehead atoms. The quantitative estimate of drug-likeness (QED) is 0.674. The summed E-state index contributed by atoms with van der Waals surface area (Å²) in [4.78, 5) is 22.3. The number of aryl methyl sites for hydroxylation is 2. The van der Waals surface area contributed by atoms with Crippen LogP contribution in [0.5, 0.6) is 0 Å². The second kappa shape index (κ2) is 7.19. The highest BCUT2D eigenvalue weighted by atomic mass is 32.1. The molecule has 0 amide bonds. The molecule has 0 spiro atoms. The maximum atomic E-state index is 11.5. The minimum atomic E-state index is -0.863. The van der Waals surface area contributed by atoms with Crippen molar-refractivity contribution in [3.63, 3.8) is 0 Å². The molecule has 1 atom stereocenters. The maximum Gasteiger partial charge on any atom is 0.326 e. The largest absolute Gasteiger partial charge is 0.480 e. The lowest BCUT2D eigenvalue weighted by molar-refractivity contribution is -0.138. The summed E-state index contributed by atoms with van der Waals surface area (Å²) in [7, 11) is 0. The Labute approximate surface area is 150 Å². The van der Waals surface area contributed by atoms with Crippen LogP contribution in [0.25, 0.3) is 21.3 Å². The summed E-state index contributed by atoms with van der Waals surface area (Å²) in [5.74, 6) is -0.275. The van der Waals surface area contributed by atoms with Gasteiger partial charge in [0.05, 0.1) is 5.39 Å². The minimum Gasteiger partial charge on any atom is -0.480 e. The van der Waals surface area contributed by atoms with Crippen LogP contribution >= 0.6 is 11.3 Å². The number of thiophene rings is 1. The molecule has 0 fully saturated rings. The number of aliphatic carboxylic acids is 1. The van der Waals surface area contributed by atoms with E-state index < -0.39 is 12.0 Å². The van der Waals surface area contributed by atoms with Crippen molar-refractivity contribution in [2.24, 2.45) is 0 Å². The number of nitrogens with zero attached hydrogens (tertiary/aromatic N) is 2. The van der Waals surface area contributed by atoms with Gasteiger partial charge in [-0.05, 0) is 25.8 Å². The van der Waals surface area contributed by atoms with Crippen molar-refractivity contribution in [1.29, 1.82) is 0 Å². The van der Waals surface area contributed by atoms with Gasteiger partial charge < -0.3 is 10.4 Å². The van der Waals surface area contributed by atoms with Crippen molar-refractivity contribution in [3.8, 4) is 11.1 Å². The number of carboxylic acid groups (broad SMARTS) is 1. The molecule has 1 unspecified atom stereocenters. The summed E-state index contributed by atoms with van der Waals surface area (Å²) >= 11 is 1.60. The highest BCUT2D eigenvalue weighted by molar-refractivity contribution is 7.19. The lowest BCUT2D eigenvalue weighted by Gasteiger charge is -2.15. The van der Waals surface area contributed by atoms with Crippen molar-refractivity contribution < 1.29 is 9.90 Å². The van der Waals surface area contributed by atoms with Crippen molar-refractivity contribution in [1.82, 2.24) is 9.97 Å². The van der Waals surface area contributed by atoms with E-state index in [0.29, 0.717) is 12.2 Å². The van der Waals surface area contributed by atoms with Gasteiger partial charge in [0, 0.05) is 10.4 Å². The molecule has 6 heteroatoms. The van der Waals surface area contributed by atoms with E-state index >= 15 is 0 Å². The fourth-order valence-corrected chi connectivity index (χ4v) is 3.95. The van der Waals surface area contributed by atoms with Gasteiger partial charge >= 0.3 is 5.97 Å². The molecular weight excluding hydrogens is 334 g/mol. The van der Waals surface area contributed by atoms with Crippen LogP contribution < -0.4 is 5.32 Å². The molecule has 0 saturated carbocycles. The van der Waals surface area contributed by atoms with E-state index in [2.05, 4.69) is 53.4 Å². The normalized spacial score (nSPS) is 12.3. The van der Waals surface area contributed by atoms with Crippen LogP contribution in [-0.2, 0) is 4.79 Å².